The van der Waals surface area contributed by atoms with Gasteiger partial charge in [0.25, 0.3) is 0 Å². The standard InChI is InChI=1S/C11H17NO3/c1-8(2)12-7-10-4-3-9(15-10)5-6-11(13)14/h3-4,8,12H,5-7H2,1-2H3,(H,13,14). The van der Waals surface area contributed by atoms with Gasteiger partial charge < -0.3 is 14.8 Å². The minimum atomic E-state index is -0.798. The molecule has 0 saturated carbocycles. The lowest BCUT2D eigenvalue weighted by molar-refractivity contribution is -0.137. The minimum Gasteiger partial charge on any atom is -0.481 e. The Kier molecular flexibility index (Phi) is 4.37. The van der Waals surface area contributed by atoms with Gasteiger partial charge in [0.1, 0.15) is 11.5 Å². The van der Waals surface area contributed by atoms with Gasteiger partial charge in [-0.1, -0.05) is 13.8 Å². The van der Waals surface area contributed by atoms with Crippen LogP contribution in [0.3, 0.4) is 0 Å². The van der Waals surface area contributed by atoms with Crippen molar-refractivity contribution in [2.75, 3.05) is 0 Å². The smallest absolute Gasteiger partial charge is 0.303 e. The number of hydrogen-bond donors (Lipinski definition) is 2. The van der Waals surface area contributed by atoms with Crippen LogP contribution in [0.4, 0.5) is 0 Å². The van der Waals surface area contributed by atoms with E-state index < -0.39 is 5.97 Å². The molecule has 1 rings (SSSR count). The Labute approximate surface area is 89.3 Å². The highest BCUT2D eigenvalue weighted by Gasteiger charge is 2.04. The summed E-state index contributed by atoms with van der Waals surface area (Å²) in [4.78, 5) is 10.3. The lowest BCUT2D eigenvalue weighted by Gasteiger charge is -2.04. The summed E-state index contributed by atoms with van der Waals surface area (Å²) in [5.74, 6) is 0.787. The third-order valence-electron chi connectivity index (χ3n) is 1.99. The number of rotatable bonds is 6. The highest BCUT2D eigenvalue weighted by molar-refractivity contribution is 5.66. The molecule has 1 heterocycles. The van der Waals surface area contributed by atoms with E-state index in [9.17, 15) is 4.79 Å². The number of carboxylic acid groups (broad SMARTS) is 1. The summed E-state index contributed by atoms with van der Waals surface area (Å²) in [7, 11) is 0. The second kappa shape index (κ2) is 5.56. The lowest BCUT2D eigenvalue weighted by atomic mass is 10.2. The number of carbonyl (C=O) groups is 1. The van der Waals surface area contributed by atoms with Gasteiger partial charge in [0.15, 0.2) is 0 Å². The largest absolute Gasteiger partial charge is 0.481 e. The second-order valence-electron chi connectivity index (χ2n) is 3.80. The molecule has 0 atom stereocenters. The fourth-order valence-electron chi connectivity index (χ4n) is 1.19. The zero-order valence-electron chi connectivity index (χ0n) is 9.12. The van der Waals surface area contributed by atoms with Crippen molar-refractivity contribution in [3.05, 3.63) is 23.7 Å². The third kappa shape index (κ3) is 4.65. The highest BCUT2D eigenvalue weighted by atomic mass is 16.4. The SMILES string of the molecule is CC(C)NCc1ccc(CCC(=O)O)o1. The molecule has 0 amide bonds. The number of hydrogen-bond acceptors (Lipinski definition) is 3. The Hall–Kier alpha value is -1.29. The summed E-state index contributed by atoms with van der Waals surface area (Å²) < 4.78 is 5.46. The summed E-state index contributed by atoms with van der Waals surface area (Å²) in [5.41, 5.74) is 0. The first-order valence-electron chi connectivity index (χ1n) is 5.10. The van der Waals surface area contributed by atoms with Gasteiger partial charge in [0, 0.05) is 12.5 Å². The van der Waals surface area contributed by atoms with Crippen molar-refractivity contribution >= 4 is 5.97 Å². The predicted molar refractivity (Wildman–Crippen MR) is 56.6 cm³/mol. The molecule has 4 nitrogen and oxygen atoms in total. The van der Waals surface area contributed by atoms with E-state index in [2.05, 4.69) is 19.2 Å². The Morgan fingerprint density at radius 2 is 2.13 bits per heavy atom. The number of nitrogens with one attached hydrogen (secondary N) is 1. The number of aliphatic carboxylic acids is 1. The first-order valence-corrected chi connectivity index (χ1v) is 5.10. The lowest BCUT2D eigenvalue weighted by Crippen LogP contribution is -2.21. The molecule has 84 valence electrons. The molecule has 0 bridgehead atoms. The van der Waals surface area contributed by atoms with Crippen LogP contribution < -0.4 is 5.32 Å². The molecule has 0 aliphatic carbocycles. The molecule has 0 unspecified atom stereocenters. The van der Waals surface area contributed by atoms with Gasteiger partial charge in [-0.25, -0.2) is 0 Å². The monoisotopic (exact) mass is 211 g/mol. The van der Waals surface area contributed by atoms with Crippen LogP contribution in [0.5, 0.6) is 0 Å². The summed E-state index contributed by atoms with van der Waals surface area (Å²) in [6.45, 7) is 4.81. The maximum atomic E-state index is 10.3. The van der Waals surface area contributed by atoms with Crippen molar-refractivity contribution in [1.29, 1.82) is 0 Å². The number of furan rings is 1. The van der Waals surface area contributed by atoms with Crippen molar-refractivity contribution in [3.8, 4) is 0 Å². The quantitative estimate of drug-likeness (QED) is 0.753. The van der Waals surface area contributed by atoms with Crippen LogP contribution in [-0.4, -0.2) is 17.1 Å². The van der Waals surface area contributed by atoms with Crippen molar-refractivity contribution in [2.24, 2.45) is 0 Å². The van der Waals surface area contributed by atoms with Gasteiger partial charge in [0.2, 0.25) is 0 Å². The van der Waals surface area contributed by atoms with Crippen molar-refractivity contribution in [1.82, 2.24) is 5.32 Å². The van der Waals surface area contributed by atoms with Crippen LogP contribution in [-0.2, 0) is 17.8 Å². The summed E-state index contributed by atoms with van der Waals surface area (Å²) >= 11 is 0. The van der Waals surface area contributed by atoms with Gasteiger partial charge in [-0.15, -0.1) is 0 Å². The first-order chi connectivity index (χ1) is 7.08. The molecular formula is C11H17NO3. The third-order valence-corrected chi connectivity index (χ3v) is 1.99. The summed E-state index contributed by atoms with van der Waals surface area (Å²) in [6.07, 6.45) is 0.571. The molecular weight excluding hydrogens is 194 g/mol. The zero-order chi connectivity index (χ0) is 11.3. The molecule has 2 N–H and O–H groups in total. The summed E-state index contributed by atoms with van der Waals surface area (Å²) in [6, 6.07) is 4.13. The molecule has 15 heavy (non-hydrogen) atoms. The molecule has 0 saturated heterocycles. The molecule has 4 heteroatoms. The number of aryl methyl sites for hydroxylation is 1. The van der Waals surface area contributed by atoms with Gasteiger partial charge in [-0.05, 0) is 12.1 Å². The topological polar surface area (TPSA) is 62.5 Å². The Morgan fingerprint density at radius 1 is 1.47 bits per heavy atom. The maximum Gasteiger partial charge on any atom is 0.303 e. The molecule has 1 aromatic rings. The zero-order valence-corrected chi connectivity index (χ0v) is 9.12. The van der Waals surface area contributed by atoms with E-state index in [1.807, 2.05) is 12.1 Å². The van der Waals surface area contributed by atoms with Gasteiger partial charge in [-0.2, -0.15) is 0 Å². The van der Waals surface area contributed by atoms with Crippen molar-refractivity contribution in [3.63, 3.8) is 0 Å². The van der Waals surface area contributed by atoms with Gasteiger partial charge in [0.05, 0.1) is 13.0 Å². The highest BCUT2D eigenvalue weighted by Crippen LogP contribution is 2.10. The predicted octanol–water partition coefficient (Wildman–Crippen LogP) is 1.79. The molecule has 0 fully saturated rings. The van der Waals surface area contributed by atoms with Crippen molar-refractivity contribution < 1.29 is 14.3 Å². The molecule has 0 spiro atoms. The van der Waals surface area contributed by atoms with Crippen LogP contribution in [0, 0.1) is 0 Å². The van der Waals surface area contributed by atoms with Crippen LogP contribution >= 0.6 is 0 Å². The van der Waals surface area contributed by atoms with E-state index in [1.54, 1.807) is 0 Å². The fraction of sp³-hybridized carbons (Fsp3) is 0.545. The Bertz CT molecular complexity index is 317. The van der Waals surface area contributed by atoms with E-state index in [0.29, 0.717) is 19.0 Å². The van der Waals surface area contributed by atoms with Gasteiger partial charge >= 0.3 is 5.97 Å². The van der Waals surface area contributed by atoms with E-state index in [-0.39, 0.29) is 6.42 Å². The molecule has 0 aliphatic rings. The van der Waals surface area contributed by atoms with Crippen LogP contribution in [0.15, 0.2) is 16.5 Å². The van der Waals surface area contributed by atoms with Crippen LogP contribution in [0.1, 0.15) is 31.8 Å². The van der Waals surface area contributed by atoms with Crippen LogP contribution in [0.25, 0.3) is 0 Å². The fourth-order valence-corrected chi connectivity index (χ4v) is 1.19. The van der Waals surface area contributed by atoms with E-state index in [1.165, 1.54) is 0 Å². The van der Waals surface area contributed by atoms with Gasteiger partial charge in [-0.3, -0.25) is 4.79 Å². The number of carboxylic acids is 1. The minimum absolute atomic E-state index is 0.116. The van der Waals surface area contributed by atoms with E-state index in [0.717, 1.165) is 11.5 Å². The maximum absolute atomic E-state index is 10.3. The molecule has 1 aromatic heterocycles. The Morgan fingerprint density at radius 3 is 2.73 bits per heavy atom. The Balaban J connectivity index is 2.38. The average Bonchev–Trinajstić information content (AvgIpc) is 2.59. The normalized spacial score (nSPS) is 10.9. The second-order valence-corrected chi connectivity index (χ2v) is 3.80. The molecule has 0 aliphatic heterocycles. The van der Waals surface area contributed by atoms with Crippen molar-refractivity contribution in [2.45, 2.75) is 39.3 Å². The van der Waals surface area contributed by atoms with E-state index in [4.69, 9.17) is 9.52 Å². The summed E-state index contributed by atoms with van der Waals surface area (Å²) in [5, 5.41) is 11.7. The van der Waals surface area contributed by atoms with E-state index >= 15 is 0 Å². The van der Waals surface area contributed by atoms with Crippen LogP contribution in [0.2, 0.25) is 0 Å². The average molecular weight is 211 g/mol. The molecule has 0 aromatic carbocycles. The molecule has 0 radical (unpaired) electrons. The first kappa shape index (κ1) is 11.8.